The van der Waals surface area contributed by atoms with Crippen molar-refractivity contribution in [3.63, 3.8) is 0 Å². The molecule has 5 amide bonds. The Morgan fingerprint density at radius 3 is 1.62 bits per heavy atom. The molecule has 19 heteroatoms. The summed E-state index contributed by atoms with van der Waals surface area (Å²) < 4.78 is 0. The van der Waals surface area contributed by atoms with Crippen LogP contribution in [0.2, 0.25) is 0 Å². The number of aliphatic carboxylic acids is 1. The van der Waals surface area contributed by atoms with Gasteiger partial charge < -0.3 is 64.7 Å². The average molecular weight is 870 g/mol. The van der Waals surface area contributed by atoms with Crippen molar-refractivity contribution in [1.29, 1.82) is 0 Å². The third-order valence-electron chi connectivity index (χ3n) is 10.2. The summed E-state index contributed by atoms with van der Waals surface area (Å²) in [5, 5.41) is 33.2. The predicted octanol–water partition coefficient (Wildman–Crippen LogP) is -0.793. The van der Waals surface area contributed by atoms with Crippen LogP contribution in [0.3, 0.4) is 0 Å². The van der Waals surface area contributed by atoms with Crippen molar-refractivity contribution in [2.24, 2.45) is 27.9 Å². The van der Waals surface area contributed by atoms with E-state index in [0.29, 0.717) is 42.5 Å². The number of aromatic nitrogens is 1. The van der Waals surface area contributed by atoms with Gasteiger partial charge in [-0.3, -0.25) is 29.0 Å². The van der Waals surface area contributed by atoms with E-state index in [1.807, 2.05) is 24.3 Å². The number of aliphatic hydroxyl groups excluding tert-OH is 1. The van der Waals surface area contributed by atoms with E-state index in [-0.39, 0.29) is 44.6 Å². The van der Waals surface area contributed by atoms with Crippen LogP contribution in [0.5, 0.6) is 0 Å². The van der Waals surface area contributed by atoms with E-state index < -0.39 is 78.4 Å². The molecule has 0 saturated heterocycles. The van der Waals surface area contributed by atoms with Crippen molar-refractivity contribution in [2.45, 2.75) is 87.6 Å². The molecule has 4 aromatic rings. The molecular formula is C44H59N11O8. The van der Waals surface area contributed by atoms with Crippen LogP contribution >= 0.6 is 0 Å². The lowest BCUT2D eigenvalue weighted by molar-refractivity contribution is -0.143. The topological polar surface area (TPSA) is 335 Å². The number of carbonyl (C=O) groups is 6. The Morgan fingerprint density at radius 1 is 0.603 bits per heavy atom. The number of hydrogen-bond donors (Lipinski definition) is 12. The fourth-order valence-corrected chi connectivity index (χ4v) is 6.81. The van der Waals surface area contributed by atoms with E-state index in [1.165, 1.54) is 0 Å². The van der Waals surface area contributed by atoms with Crippen molar-refractivity contribution < 1.29 is 39.0 Å². The number of H-pyrrole nitrogens is 1. The van der Waals surface area contributed by atoms with E-state index >= 15 is 0 Å². The second kappa shape index (κ2) is 25.2. The third-order valence-corrected chi connectivity index (χ3v) is 10.2. The first-order valence-corrected chi connectivity index (χ1v) is 20.8. The number of aliphatic hydroxyl groups is 1. The van der Waals surface area contributed by atoms with Gasteiger partial charge in [0.25, 0.3) is 0 Å². The summed E-state index contributed by atoms with van der Waals surface area (Å²) in [6, 6.07) is 17.1. The second-order valence-electron chi connectivity index (χ2n) is 15.1. The minimum atomic E-state index is -1.64. The highest BCUT2D eigenvalue weighted by atomic mass is 16.4. The van der Waals surface area contributed by atoms with Gasteiger partial charge in [0.05, 0.1) is 12.6 Å². The van der Waals surface area contributed by atoms with Crippen molar-refractivity contribution in [1.82, 2.24) is 31.6 Å². The summed E-state index contributed by atoms with van der Waals surface area (Å²) in [4.78, 5) is 88.8. The number of amides is 5. The lowest BCUT2D eigenvalue weighted by Gasteiger charge is -2.27. The van der Waals surface area contributed by atoms with Gasteiger partial charge in [-0.15, -0.1) is 0 Å². The number of hydrogen-bond acceptors (Lipinski definition) is 10. The molecule has 1 aromatic heterocycles. The summed E-state index contributed by atoms with van der Waals surface area (Å²) in [5.41, 5.74) is 25.5. The number of nitrogens with one attached hydrogen (secondary N) is 6. The molecule has 0 fully saturated rings. The molecule has 0 aliphatic rings. The lowest BCUT2D eigenvalue weighted by atomic mass is 10.00. The fourth-order valence-electron chi connectivity index (χ4n) is 6.81. The Labute approximate surface area is 365 Å². The van der Waals surface area contributed by atoms with E-state index in [4.69, 9.17) is 22.9 Å². The molecule has 1 heterocycles. The zero-order valence-electron chi connectivity index (χ0n) is 35.0. The van der Waals surface area contributed by atoms with Gasteiger partial charge in [-0.05, 0) is 55.0 Å². The molecule has 63 heavy (non-hydrogen) atoms. The maximum atomic E-state index is 14.6. The Morgan fingerprint density at radius 2 is 1.10 bits per heavy atom. The van der Waals surface area contributed by atoms with Crippen LogP contribution in [-0.4, -0.2) is 113 Å². The monoisotopic (exact) mass is 869 g/mol. The van der Waals surface area contributed by atoms with E-state index in [0.717, 1.165) is 10.9 Å². The van der Waals surface area contributed by atoms with Gasteiger partial charge in [-0.25, -0.2) is 4.79 Å². The molecule has 0 aliphatic heterocycles. The molecule has 3 aromatic carbocycles. The molecule has 0 spiro atoms. The first kappa shape index (κ1) is 48.8. The number of aromatic amines is 1. The molecule has 0 radical (unpaired) electrons. The number of rotatable bonds is 26. The Balaban J connectivity index is 1.67. The number of unbranched alkanes of at least 4 members (excludes halogenated alkanes) is 1. The van der Waals surface area contributed by atoms with Crippen LogP contribution in [0.15, 0.2) is 96.1 Å². The first-order valence-electron chi connectivity index (χ1n) is 20.8. The van der Waals surface area contributed by atoms with Crippen LogP contribution in [0.4, 0.5) is 0 Å². The lowest BCUT2D eigenvalue weighted by Crippen LogP contribution is -2.60. The standard InChI is InChI=1S/C44H59N11O8/c45-20-10-9-17-31(46)38(57)51-33(19-11-21-49-44(47)48)39(58)54-36(24-29-25-50-32-18-8-7-16-30(29)32)42(61)53-34(22-27-12-3-1-4-13-27)40(59)52-35(23-28-14-5-2-6-15-28)41(60)55-37(26-56)43(62)63/h1-8,12-16,18,25,31,33-37,50,56H,9-11,17,19-24,26,45-46H2,(H,51,57)(H,52,59)(H,53,61)(H,54,58)(H,55,60)(H,62,63)(H4,47,48,49)/t31-,33-,34-,35-,36-,37-/m0/s1. The molecule has 6 atom stereocenters. The van der Waals surface area contributed by atoms with Crippen molar-refractivity contribution in [3.8, 4) is 0 Å². The van der Waals surface area contributed by atoms with Crippen LogP contribution < -0.4 is 49.5 Å². The zero-order valence-corrected chi connectivity index (χ0v) is 35.0. The minimum absolute atomic E-state index is 0.0499. The van der Waals surface area contributed by atoms with Gasteiger partial charge in [0.1, 0.15) is 30.2 Å². The largest absolute Gasteiger partial charge is 0.480 e. The molecular weight excluding hydrogens is 811 g/mol. The number of fused-ring (bicyclic) bond motifs is 1. The number of benzene rings is 3. The van der Waals surface area contributed by atoms with Crippen LogP contribution in [0.25, 0.3) is 10.9 Å². The summed E-state index contributed by atoms with van der Waals surface area (Å²) >= 11 is 0. The van der Waals surface area contributed by atoms with E-state index in [1.54, 1.807) is 66.9 Å². The van der Waals surface area contributed by atoms with Crippen LogP contribution in [-0.2, 0) is 48.0 Å². The number of nitrogens with zero attached hydrogens (tertiary/aromatic N) is 1. The summed E-state index contributed by atoms with van der Waals surface area (Å²) in [6.07, 6.45) is 3.49. The minimum Gasteiger partial charge on any atom is -0.480 e. The molecule has 0 aliphatic carbocycles. The fraction of sp³-hybridized carbons (Fsp3) is 0.386. The number of carboxylic acids is 1. The molecule has 0 bridgehead atoms. The zero-order chi connectivity index (χ0) is 45.7. The van der Waals surface area contributed by atoms with Gasteiger partial charge in [0.2, 0.25) is 29.5 Å². The number of nitrogens with two attached hydrogens (primary N) is 4. The number of para-hydroxylation sites is 1. The summed E-state index contributed by atoms with van der Waals surface area (Å²) in [6.45, 7) is -0.314. The normalized spacial score (nSPS) is 13.9. The summed E-state index contributed by atoms with van der Waals surface area (Å²) in [7, 11) is 0. The van der Waals surface area contributed by atoms with Crippen molar-refractivity contribution in [3.05, 3.63) is 108 Å². The number of aliphatic imine (C=N–C) groups is 1. The van der Waals surface area contributed by atoms with Gasteiger partial charge >= 0.3 is 5.97 Å². The third kappa shape index (κ3) is 15.9. The van der Waals surface area contributed by atoms with Crippen molar-refractivity contribution >= 4 is 52.4 Å². The van der Waals surface area contributed by atoms with Gasteiger partial charge in [0.15, 0.2) is 5.96 Å². The molecule has 16 N–H and O–H groups in total. The molecule has 19 nitrogen and oxygen atoms in total. The smallest absolute Gasteiger partial charge is 0.328 e. The Kier molecular flexibility index (Phi) is 19.5. The maximum absolute atomic E-state index is 14.6. The Hall–Kier alpha value is -6.83. The number of guanidine groups is 1. The maximum Gasteiger partial charge on any atom is 0.328 e. The second-order valence-corrected chi connectivity index (χ2v) is 15.1. The number of carbonyl (C=O) groups excluding carboxylic acids is 5. The first-order chi connectivity index (χ1) is 30.3. The molecule has 0 unspecified atom stereocenters. The van der Waals surface area contributed by atoms with Crippen molar-refractivity contribution in [2.75, 3.05) is 19.7 Å². The summed E-state index contributed by atoms with van der Waals surface area (Å²) in [5.74, 6) is -5.33. The predicted molar refractivity (Wildman–Crippen MR) is 237 cm³/mol. The van der Waals surface area contributed by atoms with E-state index in [2.05, 4.69) is 36.6 Å². The van der Waals surface area contributed by atoms with E-state index in [9.17, 15) is 39.0 Å². The highest BCUT2D eigenvalue weighted by Crippen LogP contribution is 2.20. The van der Waals surface area contributed by atoms with Crippen LogP contribution in [0.1, 0.15) is 48.8 Å². The van der Waals surface area contributed by atoms with Gasteiger partial charge in [0, 0.05) is 42.9 Å². The van der Waals surface area contributed by atoms with Gasteiger partial charge in [-0.1, -0.05) is 85.3 Å². The molecule has 338 valence electrons. The highest BCUT2D eigenvalue weighted by Gasteiger charge is 2.33. The average Bonchev–Trinajstić information content (AvgIpc) is 3.68. The SMILES string of the molecule is NCCCC[C@H](N)C(=O)N[C@@H](CCCN=C(N)N)C(=O)N[C@@H](Cc1c[nH]c2ccccc12)C(=O)N[C@@H](Cc1ccccc1)C(=O)N[C@@H](Cc1ccccc1)C(=O)N[C@@H](CO)C(=O)O. The number of carboxylic acid groups (broad SMARTS) is 1. The Bertz CT molecular complexity index is 2150. The molecule has 0 saturated carbocycles. The quantitative estimate of drug-likeness (QED) is 0.0210. The van der Waals surface area contributed by atoms with Gasteiger partial charge in [-0.2, -0.15) is 0 Å². The molecule has 4 rings (SSSR count). The van der Waals surface area contributed by atoms with Crippen LogP contribution in [0, 0.1) is 0 Å². The highest BCUT2D eigenvalue weighted by molar-refractivity contribution is 5.97.